The lowest BCUT2D eigenvalue weighted by atomic mass is 9.90. The molecule has 0 fully saturated rings. The molecular formula is C25H21BrN2O2. The number of aliphatic hydroxyl groups excluding tert-OH is 1. The summed E-state index contributed by atoms with van der Waals surface area (Å²) in [6.07, 6.45) is 5.04. The smallest absolute Gasteiger partial charge is 0.220 e. The van der Waals surface area contributed by atoms with Gasteiger partial charge in [-0.2, -0.15) is 5.10 Å². The van der Waals surface area contributed by atoms with Crippen molar-refractivity contribution < 1.29 is 9.84 Å². The van der Waals surface area contributed by atoms with E-state index < -0.39 is 5.72 Å². The molecule has 0 radical (unpaired) electrons. The van der Waals surface area contributed by atoms with Crippen LogP contribution in [-0.4, -0.2) is 21.6 Å². The van der Waals surface area contributed by atoms with E-state index in [0.29, 0.717) is 12.2 Å². The molecule has 0 saturated heterocycles. The van der Waals surface area contributed by atoms with Crippen LogP contribution in [0.5, 0.6) is 5.75 Å². The number of hydrazone groups is 1. The van der Waals surface area contributed by atoms with Gasteiger partial charge in [-0.15, -0.1) is 0 Å². The summed E-state index contributed by atoms with van der Waals surface area (Å²) in [4.78, 5) is 0. The van der Waals surface area contributed by atoms with Gasteiger partial charge in [0.15, 0.2) is 0 Å². The standard InChI is InChI=1S/C25H21BrN2O2/c26-19-9-10-24-21(13-19)23-14-22(18-8-7-16-4-1-2-5-17(16)12-18)27-28(23)25(30-24)11-3-6-20(29)15-25/h1-2,4-5,7-10,12-13,15,23,29H,3,6,11,14H2/t23-,25+/m0/s1. The Morgan fingerprint density at radius 2 is 1.93 bits per heavy atom. The van der Waals surface area contributed by atoms with E-state index in [-0.39, 0.29) is 6.04 Å². The van der Waals surface area contributed by atoms with E-state index in [2.05, 4.69) is 69.5 Å². The number of benzene rings is 3. The van der Waals surface area contributed by atoms with Crippen molar-refractivity contribution in [1.82, 2.24) is 5.01 Å². The van der Waals surface area contributed by atoms with Crippen molar-refractivity contribution >= 4 is 32.4 Å². The zero-order valence-corrected chi connectivity index (χ0v) is 18.0. The first kappa shape index (κ1) is 18.0. The molecule has 3 aromatic rings. The summed E-state index contributed by atoms with van der Waals surface area (Å²) in [6, 6.07) is 21.2. The average molecular weight is 461 g/mol. The first-order chi connectivity index (χ1) is 14.6. The lowest BCUT2D eigenvalue weighted by Crippen LogP contribution is -2.53. The van der Waals surface area contributed by atoms with E-state index in [0.717, 1.165) is 46.3 Å². The summed E-state index contributed by atoms with van der Waals surface area (Å²) in [5.74, 6) is 1.26. The molecule has 3 aromatic carbocycles. The van der Waals surface area contributed by atoms with Crippen LogP contribution in [0.25, 0.3) is 10.8 Å². The zero-order valence-electron chi connectivity index (χ0n) is 16.4. The number of ether oxygens (including phenoxy) is 1. The van der Waals surface area contributed by atoms with E-state index in [1.165, 1.54) is 10.8 Å². The van der Waals surface area contributed by atoms with Crippen LogP contribution in [-0.2, 0) is 0 Å². The van der Waals surface area contributed by atoms with Crippen molar-refractivity contribution in [3.63, 3.8) is 0 Å². The largest absolute Gasteiger partial charge is 0.512 e. The minimum Gasteiger partial charge on any atom is -0.512 e. The highest BCUT2D eigenvalue weighted by Crippen LogP contribution is 2.50. The molecule has 4 nitrogen and oxygen atoms in total. The average Bonchev–Trinajstić information content (AvgIpc) is 3.21. The Morgan fingerprint density at radius 1 is 1.07 bits per heavy atom. The fourth-order valence-corrected chi connectivity index (χ4v) is 5.32. The Bertz CT molecular complexity index is 1230. The van der Waals surface area contributed by atoms with Crippen molar-refractivity contribution in [1.29, 1.82) is 0 Å². The van der Waals surface area contributed by atoms with E-state index >= 15 is 0 Å². The van der Waals surface area contributed by atoms with Crippen LogP contribution in [0, 0.1) is 0 Å². The van der Waals surface area contributed by atoms with Gasteiger partial charge in [-0.1, -0.05) is 52.3 Å². The maximum Gasteiger partial charge on any atom is 0.220 e. The molecule has 0 saturated carbocycles. The summed E-state index contributed by atoms with van der Waals surface area (Å²) in [7, 11) is 0. The van der Waals surface area contributed by atoms with Gasteiger partial charge in [0.2, 0.25) is 5.72 Å². The molecule has 3 aliphatic rings. The van der Waals surface area contributed by atoms with Crippen molar-refractivity contribution in [2.75, 3.05) is 0 Å². The molecule has 6 rings (SSSR count). The van der Waals surface area contributed by atoms with Crippen LogP contribution in [0.3, 0.4) is 0 Å². The lowest BCUT2D eigenvalue weighted by Gasteiger charge is -2.47. The third-order valence-corrected chi connectivity index (χ3v) is 6.85. The van der Waals surface area contributed by atoms with Crippen molar-refractivity contribution in [3.05, 3.63) is 88.1 Å². The molecule has 0 aromatic heterocycles. The van der Waals surface area contributed by atoms with E-state index in [9.17, 15) is 5.11 Å². The highest BCUT2D eigenvalue weighted by molar-refractivity contribution is 9.10. The second kappa shape index (κ2) is 6.61. The molecular weight excluding hydrogens is 440 g/mol. The molecule has 30 heavy (non-hydrogen) atoms. The van der Waals surface area contributed by atoms with Gasteiger partial charge in [0.05, 0.1) is 17.5 Å². The lowest BCUT2D eigenvalue weighted by molar-refractivity contribution is -0.0944. The fourth-order valence-electron chi connectivity index (χ4n) is 4.94. The van der Waals surface area contributed by atoms with Gasteiger partial charge in [-0.05, 0) is 47.0 Å². The second-order valence-corrected chi connectivity index (χ2v) is 9.21. The normalized spacial score (nSPS) is 24.8. The Balaban J connectivity index is 1.49. The predicted molar refractivity (Wildman–Crippen MR) is 122 cm³/mol. The number of halogens is 1. The number of allylic oxidation sites excluding steroid dienone is 1. The highest BCUT2D eigenvalue weighted by atomic mass is 79.9. The van der Waals surface area contributed by atoms with Gasteiger partial charge in [0.1, 0.15) is 5.75 Å². The molecule has 0 unspecified atom stereocenters. The van der Waals surface area contributed by atoms with Crippen molar-refractivity contribution in [2.45, 2.75) is 37.5 Å². The van der Waals surface area contributed by atoms with Gasteiger partial charge >= 0.3 is 0 Å². The molecule has 1 spiro atoms. The minimum absolute atomic E-state index is 0.0786. The van der Waals surface area contributed by atoms with Crippen LogP contribution in [0.4, 0.5) is 0 Å². The Labute approximate surface area is 183 Å². The van der Waals surface area contributed by atoms with Crippen molar-refractivity contribution in [2.24, 2.45) is 5.10 Å². The van der Waals surface area contributed by atoms with Gasteiger partial charge < -0.3 is 9.84 Å². The topological polar surface area (TPSA) is 45.1 Å². The summed E-state index contributed by atoms with van der Waals surface area (Å²) in [6.45, 7) is 0. The molecule has 5 heteroatoms. The fraction of sp³-hybridized carbons (Fsp3) is 0.240. The Hall–Kier alpha value is -2.79. The Morgan fingerprint density at radius 3 is 2.80 bits per heavy atom. The summed E-state index contributed by atoms with van der Waals surface area (Å²) in [5.41, 5.74) is 2.60. The predicted octanol–water partition coefficient (Wildman–Crippen LogP) is 6.47. The maximum absolute atomic E-state index is 10.3. The molecule has 2 heterocycles. The third kappa shape index (κ3) is 2.76. The summed E-state index contributed by atoms with van der Waals surface area (Å²) < 4.78 is 7.55. The van der Waals surface area contributed by atoms with Gasteiger partial charge in [0, 0.05) is 35.4 Å². The number of hydrogen-bond donors (Lipinski definition) is 1. The molecule has 150 valence electrons. The van der Waals surface area contributed by atoms with Gasteiger partial charge in [-0.25, -0.2) is 5.01 Å². The highest BCUT2D eigenvalue weighted by Gasteiger charge is 2.50. The summed E-state index contributed by atoms with van der Waals surface area (Å²) in [5, 5.41) is 19.9. The van der Waals surface area contributed by atoms with Crippen LogP contribution in [0.15, 0.2) is 82.1 Å². The number of rotatable bonds is 1. The monoisotopic (exact) mass is 460 g/mol. The minimum atomic E-state index is -0.730. The number of hydrogen-bond acceptors (Lipinski definition) is 4. The number of fused-ring (bicyclic) bond motifs is 5. The molecule has 0 amide bonds. The van der Waals surface area contributed by atoms with E-state index in [1.54, 1.807) is 0 Å². The quantitative estimate of drug-likeness (QED) is 0.452. The molecule has 2 atom stereocenters. The van der Waals surface area contributed by atoms with Crippen LogP contribution < -0.4 is 4.74 Å². The third-order valence-electron chi connectivity index (χ3n) is 6.36. The molecule has 2 aliphatic heterocycles. The number of aliphatic hydroxyl groups is 1. The molecule has 1 N–H and O–H groups in total. The molecule has 0 bridgehead atoms. The molecule has 1 aliphatic carbocycles. The van der Waals surface area contributed by atoms with Crippen molar-refractivity contribution in [3.8, 4) is 5.75 Å². The van der Waals surface area contributed by atoms with Gasteiger partial charge in [0.25, 0.3) is 0 Å². The van der Waals surface area contributed by atoms with Crippen LogP contribution >= 0.6 is 15.9 Å². The zero-order chi connectivity index (χ0) is 20.3. The number of nitrogens with zero attached hydrogens (tertiary/aromatic N) is 2. The summed E-state index contributed by atoms with van der Waals surface area (Å²) >= 11 is 3.61. The second-order valence-electron chi connectivity index (χ2n) is 8.29. The first-order valence-electron chi connectivity index (χ1n) is 10.4. The van der Waals surface area contributed by atoms with E-state index in [4.69, 9.17) is 9.84 Å². The van der Waals surface area contributed by atoms with Crippen LogP contribution in [0.2, 0.25) is 0 Å². The van der Waals surface area contributed by atoms with Gasteiger partial charge in [-0.3, -0.25) is 0 Å². The first-order valence-corrected chi connectivity index (χ1v) is 11.2. The SMILES string of the molecule is OC1=C[C@@]2(CCC1)Oc1ccc(Br)cc1[C@@H]1CC(c3ccc4ccccc4c3)=NN12. The Kier molecular flexibility index (Phi) is 3.97. The maximum atomic E-state index is 10.3. The van der Waals surface area contributed by atoms with Crippen LogP contribution in [0.1, 0.15) is 42.9 Å². The van der Waals surface area contributed by atoms with E-state index in [1.807, 2.05) is 18.2 Å².